The number of benzene rings is 1. The smallest absolute Gasteiger partial charge is 0.178 e. The molecule has 20 heavy (non-hydrogen) atoms. The summed E-state index contributed by atoms with van der Waals surface area (Å²) in [5.41, 5.74) is 1.60. The van der Waals surface area contributed by atoms with Crippen LogP contribution in [0.3, 0.4) is 0 Å². The third kappa shape index (κ3) is 2.59. The van der Waals surface area contributed by atoms with E-state index in [4.69, 9.17) is 0 Å². The Morgan fingerprint density at radius 3 is 2.80 bits per heavy atom. The first-order valence-corrected chi connectivity index (χ1v) is 8.81. The van der Waals surface area contributed by atoms with Crippen molar-refractivity contribution in [2.24, 2.45) is 0 Å². The minimum absolute atomic E-state index is 0.0545. The molecule has 0 aliphatic carbocycles. The van der Waals surface area contributed by atoms with Crippen LogP contribution in [-0.2, 0) is 0 Å². The Kier molecular flexibility index (Phi) is 4.03. The molecule has 1 aromatic heterocycles. The highest BCUT2D eigenvalue weighted by atomic mass is 32.2. The van der Waals surface area contributed by atoms with E-state index in [1.807, 2.05) is 53.9 Å². The molecule has 0 radical (unpaired) electrons. The fourth-order valence-electron chi connectivity index (χ4n) is 2.40. The molecule has 0 spiro atoms. The first kappa shape index (κ1) is 14.0. The van der Waals surface area contributed by atoms with Gasteiger partial charge in [0.25, 0.3) is 0 Å². The first-order chi connectivity index (χ1) is 9.66. The minimum Gasteiger partial charge on any atom is -0.293 e. The van der Waals surface area contributed by atoms with E-state index >= 15 is 0 Å². The van der Waals surface area contributed by atoms with Crippen LogP contribution in [0, 0.1) is 0 Å². The van der Waals surface area contributed by atoms with E-state index in [0.717, 1.165) is 22.2 Å². The number of pyridine rings is 1. The first-order valence-electron chi connectivity index (χ1n) is 6.82. The molecular formula is C16H17NOS2. The number of carbonyl (C=O) groups excluding carboxylic acids is 1. The molecule has 1 aliphatic heterocycles. The third-order valence-corrected chi connectivity index (χ3v) is 7.13. The van der Waals surface area contributed by atoms with E-state index in [0.29, 0.717) is 10.5 Å². The van der Waals surface area contributed by atoms with E-state index in [1.54, 1.807) is 6.20 Å². The zero-order valence-electron chi connectivity index (χ0n) is 11.6. The lowest BCUT2D eigenvalue weighted by Crippen LogP contribution is -2.31. The highest BCUT2D eigenvalue weighted by Crippen LogP contribution is 2.37. The molecule has 3 unspecified atom stereocenters. The van der Waals surface area contributed by atoms with E-state index in [2.05, 4.69) is 18.8 Å². The van der Waals surface area contributed by atoms with Crippen LogP contribution >= 0.6 is 23.5 Å². The quantitative estimate of drug-likeness (QED) is 0.783. The molecule has 1 saturated heterocycles. The molecule has 2 aromatic rings. The van der Waals surface area contributed by atoms with Gasteiger partial charge in [-0.25, -0.2) is 0 Å². The van der Waals surface area contributed by atoms with Gasteiger partial charge in [0.15, 0.2) is 5.78 Å². The number of ketones is 1. The number of hydrogen-bond donors (Lipinski definition) is 0. The molecule has 3 rings (SSSR count). The molecule has 0 saturated carbocycles. The second-order valence-electron chi connectivity index (χ2n) is 5.11. The van der Waals surface area contributed by atoms with Gasteiger partial charge < -0.3 is 0 Å². The predicted molar refractivity (Wildman–Crippen MR) is 88.8 cm³/mol. The summed E-state index contributed by atoms with van der Waals surface area (Å²) in [5.74, 6) is 1.13. The Balaban J connectivity index is 1.93. The van der Waals surface area contributed by atoms with Crippen LogP contribution in [-0.4, -0.2) is 32.3 Å². The topological polar surface area (TPSA) is 30.0 Å². The molecule has 2 nitrogen and oxygen atoms in total. The Hall–Kier alpha value is -1.00. The van der Waals surface area contributed by atoms with Crippen molar-refractivity contribution in [1.29, 1.82) is 0 Å². The van der Waals surface area contributed by atoms with Gasteiger partial charge in [0.1, 0.15) is 0 Å². The van der Waals surface area contributed by atoms with Crippen molar-refractivity contribution >= 4 is 40.2 Å². The number of nitrogens with zero attached hydrogens (tertiary/aromatic N) is 1. The van der Waals surface area contributed by atoms with Crippen LogP contribution in [0.4, 0.5) is 0 Å². The van der Waals surface area contributed by atoms with Crippen LogP contribution in [0.2, 0.25) is 0 Å². The van der Waals surface area contributed by atoms with Crippen LogP contribution in [0.25, 0.3) is 10.9 Å². The molecule has 4 heteroatoms. The number of fused-ring (bicyclic) bond motifs is 1. The van der Waals surface area contributed by atoms with Crippen LogP contribution in [0.5, 0.6) is 0 Å². The average molecular weight is 303 g/mol. The highest BCUT2D eigenvalue weighted by molar-refractivity contribution is 8.08. The van der Waals surface area contributed by atoms with Gasteiger partial charge in [0, 0.05) is 33.4 Å². The summed E-state index contributed by atoms with van der Waals surface area (Å²) < 4.78 is 0. The van der Waals surface area contributed by atoms with Gasteiger partial charge in [-0.1, -0.05) is 32.0 Å². The number of rotatable bonds is 2. The molecule has 2 heterocycles. The summed E-state index contributed by atoms with van der Waals surface area (Å²) >= 11 is 3.71. The summed E-state index contributed by atoms with van der Waals surface area (Å²) in [6.45, 7) is 4.45. The van der Waals surface area contributed by atoms with Gasteiger partial charge in [-0.05, 0) is 12.1 Å². The lowest BCUT2D eigenvalue weighted by molar-refractivity contribution is 0.0996. The van der Waals surface area contributed by atoms with Gasteiger partial charge in [0.2, 0.25) is 0 Å². The number of aromatic nitrogens is 1. The summed E-state index contributed by atoms with van der Waals surface area (Å²) in [4.78, 5) is 17.2. The molecule has 1 fully saturated rings. The summed E-state index contributed by atoms with van der Waals surface area (Å²) in [6.07, 6.45) is 1.76. The number of para-hydroxylation sites is 1. The van der Waals surface area contributed by atoms with Crippen LogP contribution in [0.1, 0.15) is 24.2 Å². The van der Waals surface area contributed by atoms with Crippen molar-refractivity contribution in [3.8, 4) is 0 Å². The summed E-state index contributed by atoms with van der Waals surface area (Å²) in [5, 5.41) is 2.23. The maximum absolute atomic E-state index is 12.8. The number of Topliss-reactive ketones (excluding diaryl/α,β-unsaturated/α-hetero) is 1. The zero-order valence-corrected chi connectivity index (χ0v) is 13.2. The Morgan fingerprint density at radius 1 is 1.20 bits per heavy atom. The molecule has 0 N–H and O–H groups in total. The normalized spacial score (nSPS) is 26.6. The largest absolute Gasteiger partial charge is 0.293 e. The Labute approximate surface area is 127 Å². The van der Waals surface area contributed by atoms with Crippen molar-refractivity contribution in [2.75, 3.05) is 5.75 Å². The maximum Gasteiger partial charge on any atom is 0.178 e. The van der Waals surface area contributed by atoms with Gasteiger partial charge in [-0.3, -0.25) is 9.78 Å². The second kappa shape index (κ2) is 5.78. The average Bonchev–Trinajstić information content (AvgIpc) is 2.49. The molecule has 104 valence electrons. The zero-order chi connectivity index (χ0) is 14.1. The van der Waals surface area contributed by atoms with Crippen molar-refractivity contribution in [1.82, 2.24) is 4.98 Å². The molecular weight excluding hydrogens is 286 g/mol. The monoisotopic (exact) mass is 303 g/mol. The van der Waals surface area contributed by atoms with Gasteiger partial charge >= 0.3 is 0 Å². The van der Waals surface area contributed by atoms with Gasteiger partial charge in [0.05, 0.1) is 10.8 Å². The Bertz CT molecular complexity index is 638. The fraction of sp³-hybridized carbons (Fsp3) is 0.375. The van der Waals surface area contributed by atoms with Crippen LogP contribution in [0.15, 0.2) is 36.5 Å². The minimum atomic E-state index is 0.0545. The summed E-state index contributed by atoms with van der Waals surface area (Å²) in [6, 6.07) is 9.78. The highest BCUT2D eigenvalue weighted by Gasteiger charge is 2.31. The van der Waals surface area contributed by atoms with E-state index in [-0.39, 0.29) is 11.0 Å². The van der Waals surface area contributed by atoms with Crippen molar-refractivity contribution in [3.63, 3.8) is 0 Å². The maximum atomic E-state index is 12.8. The molecule has 1 aromatic carbocycles. The van der Waals surface area contributed by atoms with E-state index < -0.39 is 0 Å². The lowest BCUT2D eigenvalue weighted by Gasteiger charge is -2.30. The van der Waals surface area contributed by atoms with Crippen molar-refractivity contribution in [3.05, 3.63) is 42.1 Å². The number of hydrogen-bond acceptors (Lipinski definition) is 4. The molecule has 3 atom stereocenters. The standard InChI is InChI=1S/C16H17NOS2/c1-10-11(2)20-14(9-19-10)16(18)13-7-3-5-12-6-4-8-17-15(12)13/h3-8,10-11,14H,9H2,1-2H3. The van der Waals surface area contributed by atoms with Gasteiger partial charge in [-0.2, -0.15) is 11.8 Å². The van der Waals surface area contributed by atoms with Crippen LogP contribution < -0.4 is 0 Å². The molecule has 1 aliphatic rings. The van der Waals surface area contributed by atoms with E-state index in [1.165, 1.54) is 0 Å². The number of thioether (sulfide) groups is 2. The fourth-order valence-corrected chi connectivity index (χ4v) is 5.27. The third-order valence-electron chi connectivity index (χ3n) is 3.74. The van der Waals surface area contributed by atoms with Gasteiger partial charge in [-0.15, -0.1) is 11.8 Å². The Morgan fingerprint density at radius 2 is 2.00 bits per heavy atom. The number of carbonyl (C=O) groups is 1. The van der Waals surface area contributed by atoms with Crippen molar-refractivity contribution < 1.29 is 4.79 Å². The van der Waals surface area contributed by atoms with E-state index in [9.17, 15) is 4.79 Å². The second-order valence-corrected chi connectivity index (χ2v) is 8.11. The predicted octanol–water partition coefficient (Wildman–Crippen LogP) is 4.04. The SMILES string of the molecule is CC1SCC(C(=O)c2cccc3cccnc23)SC1C. The summed E-state index contributed by atoms with van der Waals surface area (Å²) in [7, 11) is 0. The lowest BCUT2D eigenvalue weighted by atomic mass is 10.0. The molecule has 0 bridgehead atoms. The molecule has 0 amide bonds. The van der Waals surface area contributed by atoms with Crippen molar-refractivity contribution in [2.45, 2.75) is 29.6 Å².